The number of hydrogen-bond donors (Lipinski definition) is 3. The summed E-state index contributed by atoms with van der Waals surface area (Å²) in [6.07, 6.45) is 8.44. The molecule has 3 aliphatic rings. The largest absolute Gasteiger partial charge is 0.480 e. The number of nitrogens with one attached hydrogen (secondary N) is 1. The van der Waals surface area contributed by atoms with E-state index in [1.54, 1.807) is 0 Å². The molecule has 1 aliphatic carbocycles. The van der Waals surface area contributed by atoms with E-state index >= 15 is 0 Å². The Kier molecular flexibility index (Phi) is 6.30. The molecule has 0 aromatic heterocycles. The van der Waals surface area contributed by atoms with Crippen molar-refractivity contribution in [2.75, 3.05) is 6.61 Å². The highest BCUT2D eigenvalue weighted by molar-refractivity contribution is 6.09. The summed E-state index contributed by atoms with van der Waals surface area (Å²) in [5.74, 6) is -4.11. The van der Waals surface area contributed by atoms with E-state index in [4.69, 9.17) is 0 Å². The molecule has 7 nitrogen and oxygen atoms in total. The molecule has 2 saturated heterocycles. The molecule has 3 fully saturated rings. The molecule has 3 N–H and O–H groups in total. The van der Waals surface area contributed by atoms with Crippen LogP contribution in [0, 0.1) is 11.8 Å². The Bertz CT molecular complexity index is 1140. The second-order valence-electron chi connectivity index (χ2n) is 9.81. The molecule has 2 aromatic carbocycles. The molecule has 0 spiro atoms. The molecule has 2 amide bonds. The van der Waals surface area contributed by atoms with Crippen LogP contribution in [0.15, 0.2) is 54.6 Å². The lowest BCUT2D eigenvalue weighted by molar-refractivity contribution is -0.154. The number of benzene rings is 2. The Morgan fingerprint density at radius 1 is 0.943 bits per heavy atom. The zero-order valence-electron chi connectivity index (χ0n) is 19.5. The first-order valence-electron chi connectivity index (χ1n) is 12.3. The predicted molar refractivity (Wildman–Crippen MR) is 131 cm³/mol. The van der Waals surface area contributed by atoms with Gasteiger partial charge >= 0.3 is 5.97 Å². The summed E-state index contributed by atoms with van der Waals surface area (Å²) in [7, 11) is 0. The summed E-state index contributed by atoms with van der Waals surface area (Å²) in [4.78, 5) is 40.8. The van der Waals surface area contributed by atoms with E-state index in [1.807, 2.05) is 66.7 Å². The lowest BCUT2D eigenvalue weighted by Gasteiger charge is -2.33. The van der Waals surface area contributed by atoms with Crippen molar-refractivity contribution < 1.29 is 24.6 Å². The number of nitrogens with zero attached hydrogens (tertiary/aromatic N) is 1. The van der Waals surface area contributed by atoms with Crippen molar-refractivity contribution in [3.63, 3.8) is 0 Å². The number of amides is 2. The van der Waals surface area contributed by atoms with Gasteiger partial charge < -0.3 is 10.2 Å². The number of carboxylic acid groups (broad SMARTS) is 1. The maximum atomic E-state index is 13.6. The second-order valence-corrected chi connectivity index (χ2v) is 9.81. The first-order chi connectivity index (χ1) is 17.0. The maximum absolute atomic E-state index is 13.6. The molecule has 182 valence electrons. The number of rotatable bonds is 6. The number of aliphatic hydroxyl groups excluding tert-OH is 1. The minimum atomic E-state index is -1.89. The van der Waals surface area contributed by atoms with Crippen LogP contribution in [0.1, 0.15) is 54.8 Å². The highest BCUT2D eigenvalue weighted by Gasteiger charge is 2.69. The maximum Gasteiger partial charge on any atom is 0.327 e. The second kappa shape index (κ2) is 9.40. The Labute approximate surface area is 204 Å². The average Bonchev–Trinajstić information content (AvgIpc) is 3.38. The van der Waals surface area contributed by atoms with Crippen molar-refractivity contribution in [3.05, 3.63) is 71.3 Å². The Morgan fingerprint density at radius 2 is 1.57 bits per heavy atom. The van der Waals surface area contributed by atoms with Crippen LogP contribution in [-0.4, -0.2) is 51.1 Å². The van der Waals surface area contributed by atoms with Gasteiger partial charge in [0, 0.05) is 12.1 Å². The molecule has 5 rings (SSSR count). The number of likely N-dealkylation sites (tertiary alicyclic amines) is 1. The van der Waals surface area contributed by atoms with Crippen LogP contribution in [-0.2, 0) is 14.4 Å². The number of fused-ring (bicyclic) bond motifs is 1. The van der Waals surface area contributed by atoms with Crippen molar-refractivity contribution in [1.29, 1.82) is 0 Å². The normalized spacial score (nSPS) is 29.2. The van der Waals surface area contributed by atoms with E-state index in [9.17, 15) is 24.6 Å². The van der Waals surface area contributed by atoms with Gasteiger partial charge in [-0.15, -0.1) is 0 Å². The van der Waals surface area contributed by atoms with Crippen molar-refractivity contribution in [3.8, 4) is 0 Å². The SMILES string of the molecule is O=C1C2C(c3ccc(/C=C/c4ccccc4)cc3)NC(CO)(C(=O)O)C2C(=O)N1C1CCCCC1. The molecule has 7 heteroatoms. The van der Waals surface area contributed by atoms with E-state index in [2.05, 4.69) is 5.32 Å². The fourth-order valence-electron chi connectivity index (χ4n) is 5.99. The van der Waals surface area contributed by atoms with Crippen LogP contribution in [0.5, 0.6) is 0 Å². The number of carbonyl (C=O) groups is 3. The topological polar surface area (TPSA) is 107 Å². The Morgan fingerprint density at radius 3 is 2.17 bits per heavy atom. The van der Waals surface area contributed by atoms with Gasteiger partial charge in [-0.3, -0.25) is 24.6 Å². The van der Waals surface area contributed by atoms with Crippen LogP contribution in [0.3, 0.4) is 0 Å². The van der Waals surface area contributed by atoms with Gasteiger partial charge in [-0.1, -0.05) is 86.0 Å². The molecular weight excluding hydrogens is 444 g/mol. The lowest BCUT2D eigenvalue weighted by Crippen LogP contribution is -2.59. The molecule has 2 heterocycles. The third-order valence-corrected chi connectivity index (χ3v) is 7.82. The molecular formula is C28H30N2O5. The van der Waals surface area contributed by atoms with Gasteiger partial charge in [0.25, 0.3) is 0 Å². The first-order valence-corrected chi connectivity index (χ1v) is 12.3. The quantitative estimate of drug-likeness (QED) is 0.438. The molecule has 4 unspecified atom stereocenters. The van der Waals surface area contributed by atoms with E-state index in [0.717, 1.165) is 48.8 Å². The summed E-state index contributed by atoms with van der Waals surface area (Å²) >= 11 is 0. The number of hydrogen-bond acceptors (Lipinski definition) is 5. The summed E-state index contributed by atoms with van der Waals surface area (Å²) in [6.45, 7) is -0.768. The Balaban J connectivity index is 1.46. The smallest absolute Gasteiger partial charge is 0.327 e. The molecule has 0 radical (unpaired) electrons. The van der Waals surface area contributed by atoms with Gasteiger partial charge in [0.05, 0.1) is 18.4 Å². The minimum absolute atomic E-state index is 0.189. The number of carbonyl (C=O) groups excluding carboxylic acids is 2. The number of carboxylic acids is 1. The molecule has 0 bridgehead atoms. The summed E-state index contributed by atoms with van der Waals surface area (Å²) in [5.41, 5.74) is 0.859. The van der Waals surface area contributed by atoms with E-state index in [1.165, 1.54) is 4.90 Å². The van der Waals surface area contributed by atoms with Crippen LogP contribution < -0.4 is 5.32 Å². The number of aliphatic hydroxyl groups is 1. The van der Waals surface area contributed by atoms with Crippen molar-refractivity contribution in [1.82, 2.24) is 10.2 Å². The first kappa shape index (κ1) is 23.5. The molecule has 2 aliphatic heterocycles. The summed E-state index contributed by atoms with van der Waals surface area (Å²) in [5, 5.41) is 23.3. The molecule has 4 atom stereocenters. The summed E-state index contributed by atoms with van der Waals surface area (Å²) in [6, 6.07) is 16.6. The minimum Gasteiger partial charge on any atom is -0.480 e. The zero-order chi connectivity index (χ0) is 24.6. The van der Waals surface area contributed by atoms with Gasteiger partial charge in [-0.2, -0.15) is 0 Å². The Hall–Kier alpha value is -3.29. The van der Waals surface area contributed by atoms with Gasteiger partial charge in [-0.05, 0) is 29.5 Å². The van der Waals surface area contributed by atoms with Crippen LogP contribution in [0.2, 0.25) is 0 Å². The number of imide groups is 1. The van der Waals surface area contributed by atoms with Crippen molar-refractivity contribution in [2.45, 2.75) is 49.7 Å². The lowest BCUT2D eigenvalue weighted by atomic mass is 9.79. The van der Waals surface area contributed by atoms with Crippen LogP contribution >= 0.6 is 0 Å². The van der Waals surface area contributed by atoms with Crippen LogP contribution in [0.4, 0.5) is 0 Å². The molecule has 2 aromatic rings. The van der Waals surface area contributed by atoms with Crippen molar-refractivity contribution in [2.24, 2.45) is 11.8 Å². The number of aliphatic carboxylic acids is 1. The third kappa shape index (κ3) is 3.98. The van der Waals surface area contributed by atoms with Crippen molar-refractivity contribution >= 4 is 29.9 Å². The highest BCUT2D eigenvalue weighted by Crippen LogP contribution is 2.50. The fraction of sp³-hybridized carbons (Fsp3) is 0.393. The third-order valence-electron chi connectivity index (χ3n) is 7.82. The summed E-state index contributed by atoms with van der Waals surface area (Å²) < 4.78 is 0. The van der Waals surface area contributed by atoms with Gasteiger partial charge in [0.15, 0.2) is 5.54 Å². The average molecular weight is 475 g/mol. The van der Waals surface area contributed by atoms with Crippen LogP contribution in [0.25, 0.3) is 12.2 Å². The van der Waals surface area contributed by atoms with E-state index in [0.29, 0.717) is 0 Å². The molecule has 1 saturated carbocycles. The van der Waals surface area contributed by atoms with Gasteiger partial charge in [-0.25, -0.2) is 0 Å². The standard InChI is InChI=1S/C28H30N2O5/c31-17-28(27(34)35)23-22(25(32)30(26(23)33)21-9-5-2-6-10-21)24(29-28)20-15-13-19(14-16-20)12-11-18-7-3-1-4-8-18/h1,3-4,7-8,11-16,21-24,29,31H,2,5-6,9-10,17H2,(H,34,35)/b12-11+. The predicted octanol–water partition coefficient (Wildman–Crippen LogP) is 3.25. The zero-order valence-corrected chi connectivity index (χ0v) is 19.5. The molecule has 35 heavy (non-hydrogen) atoms. The van der Waals surface area contributed by atoms with Gasteiger partial charge in [0.2, 0.25) is 11.8 Å². The monoisotopic (exact) mass is 474 g/mol. The van der Waals surface area contributed by atoms with Gasteiger partial charge in [0.1, 0.15) is 0 Å². The fourth-order valence-corrected chi connectivity index (χ4v) is 5.99. The van der Waals surface area contributed by atoms with E-state index in [-0.39, 0.29) is 11.9 Å². The highest BCUT2D eigenvalue weighted by atomic mass is 16.4. The van der Waals surface area contributed by atoms with E-state index < -0.39 is 41.9 Å².